The monoisotopic (exact) mass is 202 g/mol. The second-order valence-electron chi connectivity index (χ2n) is 3.37. The van der Waals surface area contributed by atoms with Crippen molar-refractivity contribution in [1.29, 1.82) is 0 Å². The minimum absolute atomic E-state index is 0.172. The van der Waals surface area contributed by atoms with E-state index in [1.165, 1.54) is 15.6 Å². The van der Waals surface area contributed by atoms with Crippen LogP contribution in [-0.2, 0) is 4.74 Å². The fourth-order valence-corrected chi connectivity index (χ4v) is 2.79. The highest BCUT2D eigenvalue weighted by molar-refractivity contribution is 7.17. The summed E-state index contributed by atoms with van der Waals surface area (Å²) >= 11 is 1.79. The van der Waals surface area contributed by atoms with E-state index in [9.17, 15) is 0 Å². The Hall–Kier alpha value is -1.12. The van der Waals surface area contributed by atoms with Crippen molar-refractivity contribution in [2.24, 2.45) is 0 Å². The molecule has 0 N–H and O–H groups in total. The molecule has 1 aliphatic rings. The molecular formula is C12H10OS. The number of thiophene rings is 1. The van der Waals surface area contributed by atoms with Crippen molar-refractivity contribution in [3.63, 3.8) is 0 Å². The molecule has 1 atom stereocenters. The van der Waals surface area contributed by atoms with Gasteiger partial charge in [-0.1, -0.05) is 30.4 Å². The fourth-order valence-electron chi connectivity index (χ4n) is 1.81. The number of rotatable bonds is 1. The summed E-state index contributed by atoms with van der Waals surface area (Å²) in [4.78, 5) is 0. The van der Waals surface area contributed by atoms with E-state index in [1.807, 2.05) is 0 Å². The maximum atomic E-state index is 5.60. The van der Waals surface area contributed by atoms with E-state index in [0.29, 0.717) is 0 Å². The molecule has 0 saturated heterocycles. The van der Waals surface area contributed by atoms with Gasteiger partial charge >= 0.3 is 0 Å². The third-order valence-electron chi connectivity index (χ3n) is 2.50. The van der Waals surface area contributed by atoms with Crippen LogP contribution in [0.15, 0.2) is 41.8 Å². The molecule has 0 aliphatic carbocycles. The third kappa shape index (κ3) is 1.19. The minimum atomic E-state index is 0.172. The van der Waals surface area contributed by atoms with E-state index >= 15 is 0 Å². The first-order valence-electron chi connectivity index (χ1n) is 4.69. The number of hydrogen-bond donors (Lipinski definition) is 0. The lowest BCUT2D eigenvalue weighted by Gasteiger charge is -2.06. The van der Waals surface area contributed by atoms with Crippen LogP contribution in [-0.4, -0.2) is 6.61 Å². The Morgan fingerprint density at radius 2 is 2.21 bits per heavy atom. The Labute approximate surface area is 86.6 Å². The van der Waals surface area contributed by atoms with Gasteiger partial charge in [-0.2, -0.15) is 0 Å². The molecule has 70 valence electrons. The molecule has 1 aliphatic heterocycles. The second kappa shape index (κ2) is 3.23. The van der Waals surface area contributed by atoms with Crippen LogP contribution in [0.5, 0.6) is 0 Å². The zero-order valence-corrected chi connectivity index (χ0v) is 8.46. The average Bonchev–Trinajstić information content (AvgIpc) is 2.85. The van der Waals surface area contributed by atoms with Crippen LogP contribution in [0, 0.1) is 0 Å². The summed E-state index contributed by atoms with van der Waals surface area (Å²) < 4.78 is 6.94. The van der Waals surface area contributed by atoms with Gasteiger partial charge in [0.2, 0.25) is 0 Å². The number of fused-ring (bicyclic) bond motifs is 1. The molecule has 1 nitrogen and oxygen atoms in total. The maximum Gasteiger partial charge on any atom is 0.103 e. The van der Waals surface area contributed by atoms with Crippen LogP contribution in [0.1, 0.15) is 11.7 Å². The average molecular weight is 202 g/mol. The van der Waals surface area contributed by atoms with Gasteiger partial charge in [0.1, 0.15) is 6.10 Å². The first kappa shape index (κ1) is 8.21. The molecule has 3 rings (SSSR count). The Balaban J connectivity index is 2.16. The van der Waals surface area contributed by atoms with E-state index in [-0.39, 0.29) is 6.10 Å². The first-order valence-corrected chi connectivity index (χ1v) is 5.57. The lowest BCUT2D eigenvalue weighted by molar-refractivity contribution is 0.131. The molecular weight excluding hydrogens is 192 g/mol. The topological polar surface area (TPSA) is 9.23 Å². The van der Waals surface area contributed by atoms with Crippen LogP contribution < -0.4 is 0 Å². The molecule has 2 aromatic rings. The number of hydrogen-bond acceptors (Lipinski definition) is 2. The number of benzene rings is 1. The number of ether oxygens (including phenoxy) is 1. The van der Waals surface area contributed by atoms with Crippen LogP contribution in [0.25, 0.3) is 10.1 Å². The van der Waals surface area contributed by atoms with Gasteiger partial charge < -0.3 is 4.74 Å². The van der Waals surface area contributed by atoms with E-state index in [4.69, 9.17) is 4.74 Å². The first-order chi connectivity index (χ1) is 6.95. The summed E-state index contributed by atoms with van der Waals surface area (Å²) in [5.74, 6) is 0. The quantitative estimate of drug-likeness (QED) is 0.643. The van der Waals surface area contributed by atoms with Gasteiger partial charge in [-0.25, -0.2) is 0 Å². The fraction of sp³-hybridized carbons (Fsp3) is 0.167. The Kier molecular flexibility index (Phi) is 1.89. The molecule has 0 amide bonds. The summed E-state index contributed by atoms with van der Waals surface area (Å²) in [6.07, 6.45) is 4.39. The smallest absolute Gasteiger partial charge is 0.103 e. The normalized spacial score (nSPS) is 20.7. The highest BCUT2D eigenvalue weighted by Crippen LogP contribution is 2.33. The van der Waals surface area contributed by atoms with Crippen LogP contribution in [0.4, 0.5) is 0 Å². The highest BCUT2D eigenvalue weighted by Gasteiger charge is 2.15. The van der Waals surface area contributed by atoms with Gasteiger partial charge in [-0.3, -0.25) is 0 Å². The van der Waals surface area contributed by atoms with E-state index in [0.717, 1.165) is 6.61 Å². The molecule has 0 saturated carbocycles. The summed E-state index contributed by atoms with van der Waals surface area (Å²) in [6.45, 7) is 0.745. The second-order valence-corrected chi connectivity index (χ2v) is 4.28. The molecule has 1 aromatic heterocycles. The van der Waals surface area contributed by atoms with Crippen molar-refractivity contribution >= 4 is 21.4 Å². The SMILES string of the molecule is C1=CC(c2csc3ccccc23)OC1. The lowest BCUT2D eigenvalue weighted by atomic mass is 10.1. The highest BCUT2D eigenvalue weighted by atomic mass is 32.1. The Bertz CT molecular complexity index is 484. The molecule has 1 unspecified atom stereocenters. The lowest BCUT2D eigenvalue weighted by Crippen LogP contribution is -1.93. The summed E-state index contributed by atoms with van der Waals surface area (Å²) in [7, 11) is 0. The Morgan fingerprint density at radius 1 is 1.29 bits per heavy atom. The predicted molar refractivity (Wildman–Crippen MR) is 59.7 cm³/mol. The zero-order valence-electron chi connectivity index (χ0n) is 7.64. The largest absolute Gasteiger partial charge is 0.365 e. The molecule has 1 aromatic carbocycles. The van der Waals surface area contributed by atoms with Gasteiger partial charge in [-0.15, -0.1) is 11.3 Å². The summed E-state index contributed by atoms with van der Waals surface area (Å²) in [5.41, 5.74) is 1.30. The van der Waals surface area contributed by atoms with Crippen LogP contribution in [0.2, 0.25) is 0 Å². The molecule has 0 spiro atoms. The van der Waals surface area contributed by atoms with Crippen molar-refractivity contribution in [2.75, 3.05) is 6.61 Å². The van der Waals surface area contributed by atoms with Crippen molar-refractivity contribution < 1.29 is 4.74 Å². The van der Waals surface area contributed by atoms with Crippen LogP contribution in [0.3, 0.4) is 0 Å². The summed E-state index contributed by atoms with van der Waals surface area (Å²) in [6, 6.07) is 8.48. The molecule has 0 fully saturated rings. The third-order valence-corrected chi connectivity index (χ3v) is 3.48. The van der Waals surface area contributed by atoms with E-state index in [1.54, 1.807) is 11.3 Å². The minimum Gasteiger partial charge on any atom is -0.365 e. The zero-order chi connectivity index (χ0) is 9.38. The summed E-state index contributed by atoms with van der Waals surface area (Å²) in [5, 5.41) is 3.53. The van der Waals surface area contributed by atoms with Crippen molar-refractivity contribution in [3.05, 3.63) is 47.4 Å². The predicted octanol–water partition coefficient (Wildman–Crippen LogP) is 3.53. The Morgan fingerprint density at radius 3 is 3.07 bits per heavy atom. The molecule has 0 radical (unpaired) electrons. The maximum absolute atomic E-state index is 5.60. The molecule has 0 bridgehead atoms. The van der Waals surface area contributed by atoms with Gasteiger partial charge in [0.15, 0.2) is 0 Å². The molecule has 2 heteroatoms. The van der Waals surface area contributed by atoms with E-state index < -0.39 is 0 Å². The van der Waals surface area contributed by atoms with Crippen molar-refractivity contribution in [1.82, 2.24) is 0 Å². The van der Waals surface area contributed by atoms with Gasteiger partial charge in [0, 0.05) is 10.3 Å². The van der Waals surface area contributed by atoms with Gasteiger partial charge in [0.05, 0.1) is 6.61 Å². The van der Waals surface area contributed by atoms with Crippen molar-refractivity contribution in [3.8, 4) is 0 Å². The van der Waals surface area contributed by atoms with Gasteiger partial charge in [-0.05, 0) is 16.8 Å². The van der Waals surface area contributed by atoms with E-state index in [2.05, 4.69) is 41.8 Å². The van der Waals surface area contributed by atoms with Crippen molar-refractivity contribution in [2.45, 2.75) is 6.10 Å². The van der Waals surface area contributed by atoms with Gasteiger partial charge in [0.25, 0.3) is 0 Å². The van der Waals surface area contributed by atoms with Crippen LogP contribution >= 0.6 is 11.3 Å². The molecule has 14 heavy (non-hydrogen) atoms. The standard InChI is InChI=1S/C12H10OS/c1-2-6-12-9(4-1)10(8-14-12)11-5-3-7-13-11/h1-6,8,11H,7H2. The molecule has 2 heterocycles.